The zero-order valence-electron chi connectivity index (χ0n) is 7.20. The normalized spacial score (nSPS) is 8.33. The minimum atomic E-state index is -1.23. The third-order valence-electron chi connectivity index (χ3n) is 0.736. The summed E-state index contributed by atoms with van der Waals surface area (Å²) in [7, 11) is 0. The second-order valence-electron chi connectivity index (χ2n) is 1.62. The van der Waals surface area contributed by atoms with Gasteiger partial charge < -0.3 is 19.8 Å². The van der Waals surface area contributed by atoms with Gasteiger partial charge in [-0.3, -0.25) is 0 Å². The molecule has 0 saturated heterocycles. The van der Waals surface area contributed by atoms with Crippen LogP contribution in [0.15, 0.2) is 12.2 Å². The van der Waals surface area contributed by atoms with Gasteiger partial charge >= 0.3 is 59.1 Å². The fourth-order valence-corrected chi connectivity index (χ4v) is 0.359. The Hall–Kier alpha value is 0.680. The molecule has 0 aliphatic heterocycles. The molecule has 0 aliphatic carbocycles. The van der Waals surface area contributed by atoms with Gasteiger partial charge in [-0.2, -0.15) is 0 Å². The number of hydrogen-bond acceptors (Lipinski definition) is 4. The van der Waals surface area contributed by atoms with Gasteiger partial charge in [0.1, 0.15) is 0 Å². The molecular weight excluding hydrogens is 182 g/mol. The van der Waals surface area contributed by atoms with Gasteiger partial charge in [0.15, 0.2) is 0 Å². The SMILES string of the molecule is O=C([O-])C/C=C/CC(=O)[O-].[Na+].[Na+]. The largest absolute Gasteiger partial charge is 1.00 e. The van der Waals surface area contributed by atoms with Crippen molar-refractivity contribution in [3.8, 4) is 0 Å². The number of rotatable bonds is 4. The van der Waals surface area contributed by atoms with E-state index in [1.807, 2.05) is 0 Å². The van der Waals surface area contributed by atoms with E-state index in [0.717, 1.165) is 0 Å². The molecule has 6 heteroatoms. The van der Waals surface area contributed by atoms with Gasteiger partial charge in [0.25, 0.3) is 0 Å². The summed E-state index contributed by atoms with van der Waals surface area (Å²) in [4.78, 5) is 19.4. The Morgan fingerprint density at radius 1 is 0.917 bits per heavy atom. The van der Waals surface area contributed by atoms with Crippen LogP contribution in [0.4, 0.5) is 0 Å². The Morgan fingerprint density at radius 2 is 1.17 bits per heavy atom. The summed E-state index contributed by atoms with van der Waals surface area (Å²) in [5.41, 5.74) is 0. The average molecular weight is 188 g/mol. The van der Waals surface area contributed by atoms with Crippen molar-refractivity contribution >= 4 is 11.9 Å². The molecule has 0 aromatic carbocycles. The molecule has 0 unspecified atom stereocenters. The van der Waals surface area contributed by atoms with Crippen LogP contribution in [0, 0.1) is 0 Å². The first kappa shape index (κ1) is 18.5. The summed E-state index contributed by atoms with van der Waals surface area (Å²) in [6, 6.07) is 0. The molecule has 0 bridgehead atoms. The van der Waals surface area contributed by atoms with Crippen molar-refractivity contribution in [1.82, 2.24) is 0 Å². The number of hydrogen-bond donors (Lipinski definition) is 0. The van der Waals surface area contributed by atoms with Gasteiger partial charge in [-0.25, -0.2) is 0 Å². The fourth-order valence-electron chi connectivity index (χ4n) is 0.359. The van der Waals surface area contributed by atoms with Crippen LogP contribution in [0.5, 0.6) is 0 Å². The van der Waals surface area contributed by atoms with Crippen LogP contribution in [0.25, 0.3) is 0 Å². The molecule has 0 amide bonds. The zero-order valence-corrected chi connectivity index (χ0v) is 11.2. The quantitative estimate of drug-likeness (QED) is 0.324. The zero-order chi connectivity index (χ0) is 7.98. The Labute approximate surface area is 115 Å². The van der Waals surface area contributed by atoms with Crippen LogP contribution in [0.2, 0.25) is 0 Å². The number of aliphatic carboxylic acids is 2. The summed E-state index contributed by atoms with van der Waals surface area (Å²) in [6.07, 6.45) is 1.91. The molecule has 0 saturated carbocycles. The first-order valence-electron chi connectivity index (χ1n) is 2.67. The molecule has 0 radical (unpaired) electrons. The van der Waals surface area contributed by atoms with E-state index in [1.165, 1.54) is 12.2 Å². The maximum absolute atomic E-state index is 9.72. The van der Waals surface area contributed by atoms with Crippen molar-refractivity contribution in [3.63, 3.8) is 0 Å². The molecule has 0 aromatic rings. The molecule has 0 fully saturated rings. The molecule has 4 nitrogen and oxygen atoms in total. The molecular formula is C6H6Na2O4. The number of carboxylic acids is 2. The predicted octanol–water partition coefficient (Wildman–Crippen LogP) is -8.17. The second-order valence-corrected chi connectivity index (χ2v) is 1.62. The standard InChI is InChI=1S/C6H8O4.2Na/c7-5(8)3-1-2-4-6(9)10;;/h1-2H,3-4H2,(H,7,8)(H,9,10);;/q;2*+1/p-2/b2-1+;;. The molecule has 0 rings (SSSR count). The van der Waals surface area contributed by atoms with E-state index >= 15 is 0 Å². The van der Waals surface area contributed by atoms with Gasteiger partial charge in [-0.05, 0) is 0 Å². The van der Waals surface area contributed by atoms with Crippen LogP contribution in [0.3, 0.4) is 0 Å². The summed E-state index contributed by atoms with van der Waals surface area (Å²) in [5.74, 6) is -2.45. The summed E-state index contributed by atoms with van der Waals surface area (Å²) < 4.78 is 0. The van der Waals surface area contributed by atoms with Crippen molar-refractivity contribution in [2.45, 2.75) is 12.8 Å². The molecule has 56 valence electrons. The molecule has 0 aliphatic rings. The minimum absolute atomic E-state index is 0. The van der Waals surface area contributed by atoms with Crippen molar-refractivity contribution in [3.05, 3.63) is 12.2 Å². The van der Waals surface area contributed by atoms with Crippen LogP contribution < -0.4 is 69.3 Å². The number of carbonyl (C=O) groups excluding carboxylic acids is 2. The Bertz CT molecular complexity index is 149. The van der Waals surface area contributed by atoms with Gasteiger partial charge in [0.05, 0.1) is 0 Å². The monoisotopic (exact) mass is 188 g/mol. The van der Waals surface area contributed by atoms with Gasteiger partial charge in [-0.1, -0.05) is 12.2 Å². The topological polar surface area (TPSA) is 80.3 Å². The first-order chi connectivity index (χ1) is 4.63. The Balaban J connectivity index is -0.000000405. The van der Waals surface area contributed by atoms with Gasteiger partial charge in [0, 0.05) is 24.8 Å². The molecule has 0 N–H and O–H groups in total. The van der Waals surface area contributed by atoms with Crippen LogP contribution >= 0.6 is 0 Å². The summed E-state index contributed by atoms with van der Waals surface area (Å²) in [5, 5.41) is 19.4. The third kappa shape index (κ3) is 17.0. The van der Waals surface area contributed by atoms with E-state index in [2.05, 4.69) is 0 Å². The van der Waals surface area contributed by atoms with Crippen molar-refractivity contribution in [1.29, 1.82) is 0 Å². The van der Waals surface area contributed by atoms with E-state index in [0.29, 0.717) is 0 Å². The predicted molar refractivity (Wildman–Crippen MR) is 28.4 cm³/mol. The number of carboxylic acid groups (broad SMARTS) is 2. The van der Waals surface area contributed by atoms with Gasteiger partial charge in [0.2, 0.25) is 0 Å². The molecule has 0 spiro atoms. The van der Waals surface area contributed by atoms with Crippen LogP contribution in [-0.4, -0.2) is 11.9 Å². The van der Waals surface area contributed by atoms with Crippen molar-refractivity contribution in [2.24, 2.45) is 0 Å². The van der Waals surface area contributed by atoms with Gasteiger partial charge in [-0.15, -0.1) is 0 Å². The first-order valence-corrected chi connectivity index (χ1v) is 2.67. The fraction of sp³-hybridized carbons (Fsp3) is 0.333. The maximum Gasteiger partial charge on any atom is 1.00 e. The summed E-state index contributed by atoms with van der Waals surface area (Å²) >= 11 is 0. The van der Waals surface area contributed by atoms with Crippen LogP contribution in [0.1, 0.15) is 12.8 Å². The Kier molecular flexibility index (Phi) is 18.0. The smallest absolute Gasteiger partial charge is 0.550 e. The van der Waals surface area contributed by atoms with E-state index in [1.54, 1.807) is 0 Å². The molecule has 0 heterocycles. The Morgan fingerprint density at radius 3 is 1.33 bits per heavy atom. The van der Waals surface area contributed by atoms with Crippen molar-refractivity contribution < 1.29 is 78.9 Å². The van der Waals surface area contributed by atoms with E-state index in [9.17, 15) is 19.8 Å². The molecule has 12 heavy (non-hydrogen) atoms. The third-order valence-corrected chi connectivity index (χ3v) is 0.736. The minimum Gasteiger partial charge on any atom is -0.550 e. The van der Waals surface area contributed by atoms with Crippen molar-refractivity contribution in [2.75, 3.05) is 0 Å². The van der Waals surface area contributed by atoms with E-state index < -0.39 is 11.9 Å². The molecule has 0 atom stereocenters. The summed E-state index contributed by atoms with van der Waals surface area (Å²) in [6.45, 7) is 0. The van der Waals surface area contributed by atoms with E-state index in [4.69, 9.17) is 0 Å². The second kappa shape index (κ2) is 11.7. The maximum atomic E-state index is 9.72. The number of carbonyl (C=O) groups is 2. The van der Waals surface area contributed by atoms with Crippen LogP contribution in [-0.2, 0) is 9.59 Å². The van der Waals surface area contributed by atoms with E-state index in [-0.39, 0.29) is 72.0 Å². The average Bonchev–Trinajstić information content (AvgIpc) is 1.79. The molecule has 0 aromatic heterocycles.